The van der Waals surface area contributed by atoms with Crippen molar-refractivity contribution < 1.29 is 36.0 Å². The molecule has 0 fully saturated rings. The summed E-state index contributed by atoms with van der Waals surface area (Å²) in [6.07, 6.45) is 0. The van der Waals surface area contributed by atoms with Gasteiger partial charge in [0.1, 0.15) is 0 Å². The molecular weight excluding hydrogens is 665 g/mol. The second kappa shape index (κ2) is 10.6. The van der Waals surface area contributed by atoms with Crippen LogP contribution in [0.15, 0.2) is 60.0 Å². The van der Waals surface area contributed by atoms with E-state index < -0.39 is 45.0 Å². The molecule has 4 nitrogen and oxygen atoms in total. The third kappa shape index (κ3) is 4.29. The maximum absolute atomic E-state index is 16.1. The van der Waals surface area contributed by atoms with Crippen molar-refractivity contribution in [3.63, 3.8) is 0 Å². The lowest BCUT2D eigenvalue weighted by molar-refractivity contribution is -0.380. The van der Waals surface area contributed by atoms with E-state index >= 15 is 26.3 Å². The van der Waals surface area contributed by atoms with Crippen LogP contribution in [0.5, 0.6) is 5.06 Å². The van der Waals surface area contributed by atoms with Gasteiger partial charge in [-0.15, -0.1) is 22.7 Å². The van der Waals surface area contributed by atoms with E-state index in [1.54, 1.807) is 47.8 Å². The average Bonchev–Trinajstić information content (AvgIpc) is 3.79. The highest BCUT2D eigenvalue weighted by Gasteiger charge is 2.81. The van der Waals surface area contributed by atoms with Crippen molar-refractivity contribution in [3.05, 3.63) is 92.3 Å². The quantitative estimate of drug-likeness (QED) is 0.0975. The van der Waals surface area contributed by atoms with E-state index in [1.807, 2.05) is 0 Å². The van der Waals surface area contributed by atoms with Gasteiger partial charge in [-0.3, -0.25) is 10.1 Å². The summed E-state index contributed by atoms with van der Waals surface area (Å²) in [6.45, 7) is 2.80. The van der Waals surface area contributed by atoms with Gasteiger partial charge in [0.15, 0.2) is 5.06 Å². The topological polar surface area (TPSA) is 52.4 Å². The largest absolute Gasteiger partial charge is 0.487 e. The second-order valence-corrected chi connectivity index (χ2v) is 13.9. The molecule has 1 aromatic carbocycles. The van der Waals surface area contributed by atoms with Crippen molar-refractivity contribution >= 4 is 61.5 Å². The molecule has 0 spiro atoms. The Kier molecular flexibility index (Phi) is 7.34. The number of ether oxygens (including phenoxy) is 1. The zero-order chi connectivity index (χ0) is 31.8. The van der Waals surface area contributed by atoms with E-state index in [-0.39, 0.29) is 30.9 Å². The van der Waals surface area contributed by atoms with Crippen molar-refractivity contribution in [3.8, 4) is 35.0 Å². The molecule has 0 saturated heterocycles. The number of rotatable bonds is 7. The maximum atomic E-state index is 16.1. The monoisotopic (exact) mass is 683 g/mol. The van der Waals surface area contributed by atoms with Crippen molar-refractivity contribution in [2.24, 2.45) is 0 Å². The third-order valence-electron chi connectivity index (χ3n) is 7.39. The summed E-state index contributed by atoms with van der Waals surface area (Å²) in [7, 11) is 1.17. The van der Waals surface area contributed by atoms with Gasteiger partial charge in [0.25, 0.3) is 0 Å². The molecule has 1 aliphatic carbocycles. The summed E-state index contributed by atoms with van der Waals surface area (Å²) >= 11 is 3.74. The summed E-state index contributed by atoms with van der Waals surface area (Å²) < 4.78 is 101. The molecule has 0 saturated carbocycles. The fourth-order valence-corrected chi connectivity index (χ4v) is 9.65. The molecule has 5 aromatic rings. The highest BCUT2D eigenvalue weighted by molar-refractivity contribution is 7.27. The number of hydrogen-bond donors (Lipinski definition) is 0. The van der Waals surface area contributed by atoms with Crippen LogP contribution in [0, 0.1) is 24.0 Å². The highest BCUT2D eigenvalue weighted by atomic mass is 32.1. The van der Waals surface area contributed by atoms with Gasteiger partial charge in [-0.1, -0.05) is 59.1 Å². The number of nitrogens with zero attached hydrogens (tertiary/aromatic N) is 1. The van der Waals surface area contributed by atoms with Crippen molar-refractivity contribution in [1.82, 2.24) is 0 Å². The van der Waals surface area contributed by atoms with Crippen molar-refractivity contribution in [2.45, 2.75) is 31.6 Å². The Labute approximate surface area is 262 Å². The summed E-state index contributed by atoms with van der Waals surface area (Å²) in [4.78, 5) is 12.2. The van der Waals surface area contributed by atoms with Gasteiger partial charge in [0, 0.05) is 43.0 Å². The minimum Gasteiger partial charge on any atom is -0.487 e. The van der Waals surface area contributed by atoms with Crippen LogP contribution in [0.25, 0.3) is 41.1 Å². The van der Waals surface area contributed by atoms with Crippen LogP contribution in [0.3, 0.4) is 0 Å². The summed E-state index contributed by atoms with van der Waals surface area (Å²) in [5, 5.41) is 12.6. The van der Waals surface area contributed by atoms with Gasteiger partial charge >= 0.3 is 22.8 Å². The molecule has 4 heterocycles. The second-order valence-electron chi connectivity index (χ2n) is 9.89. The van der Waals surface area contributed by atoms with E-state index in [2.05, 4.69) is 0 Å². The zero-order valence-corrected chi connectivity index (χ0v) is 26.1. The Morgan fingerprint density at radius 1 is 0.727 bits per heavy atom. The van der Waals surface area contributed by atoms with Gasteiger partial charge in [-0.2, -0.15) is 26.3 Å². The third-order valence-corrected chi connectivity index (χ3v) is 12.3. The first-order chi connectivity index (χ1) is 20.7. The first-order valence-electron chi connectivity index (χ1n) is 12.8. The standard InChI is InChI=1S/C30H19F6NO3S4/c1-14-20(26(17-10-7-13-41-17)43-25(14)18-11-12-19(42-18)37(38)39)22-23(29(33,34)30(35,36)28(22,31)32)21-15(2)24(44-27(21)40-3)16-8-5-4-6-9-16/h4-13H,1-3H3. The number of halogens is 6. The van der Waals surface area contributed by atoms with Crippen LogP contribution >= 0.6 is 45.3 Å². The predicted octanol–water partition coefficient (Wildman–Crippen LogP) is 11.3. The average molecular weight is 684 g/mol. The molecule has 0 amide bonds. The molecule has 0 N–H and O–H groups in total. The van der Waals surface area contributed by atoms with Gasteiger partial charge in [0.2, 0.25) is 0 Å². The Hall–Kier alpha value is -3.46. The van der Waals surface area contributed by atoms with Crippen LogP contribution in [0.4, 0.5) is 31.3 Å². The fourth-order valence-electron chi connectivity index (χ4n) is 5.35. The normalized spacial score (nSPS) is 16.9. The number of allylic oxidation sites excluding steroid dienone is 2. The summed E-state index contributed by atoms with van der Waals surface area (Å²) in [6, 6.07) is 14.4. The van der Waals surface area contributed by atoms with Crippen LogP contribution in [-0.4, -0.2) is 29.8 Å². The first-order valence-corrected chi connectivity index (χ1v) is 16.1. The summed E-state index contributed by atoms with van der Waals surface area (Å²) in [5.41, 5.74) is -3.24. The van der Waals surface area contributed by atoms with E-state index in [1.165, 1.54) is 33.1 Å². The van der Waals surface area contributed by atoms with Crippen LogP contribution in [0.1, 0.15) is 22.3 Å². The summed E-state index contributed by atoms with van der Waals surface area (Å²) in [5.74, 6) is -16.4. The number of benzene rings is 1. The Morgan fingerprint density at radius 2 is 1.36 bits per heavy atom. The zero-order valence-electron chi connectivity index (χ0n) is 22.8. The van der Waals surface area contributed by atoms with Crippen LogP contribution in [0.2, 0.25) is 0 Å². The van der Waals surface area contributed by atoms with E-state index in [4.69, 9.17) is 4.74 Å². The first kappa shape index (κ1) is 30.6. The van der Waals surface area contributed by atoms with Gasteiger partial charge in [-0.05, 0) is 48.1 Å². The molecule has 0 unspecified atom stereocenters. The number of methoxy groups -OCH3 is 1. The molecule has 0 aliphatic heterocycles. The molecule has 0 atom stereocenters. The van der Waals surface area contributed by atoms with Gasteiger partial charge < -0.3 is 4.74 Å². The highest BCUT2D eigenvalue weighted by Crippen LogP contribution is 2.68. The molecule has 1 aliphatic rings. The SMILES string of the molecule is COc1sc(-c2ccccc2)c(C)c1C1=C(c2c(-c3cccs3)sc(-c3ccc([N+](=O)[O-])s3)c2C)C(F)(F)C(F)(F)C1(F)F. The number of hydrogen-bond acceptors (Lipinski definition) is 7. The molecular formula is C30H19F6NO3S4. The molecule has 14 heteroatoms. The number of alkyl halides is 6. The Morgan fingerprint density at radius 3 is 1.93 bits per heavy atom. The van der Waals surface area contributed by atoms with Crippen LogP contribution in [-0.2, 0) is 0 Å². The smallest absolute Gasteiger partial charge is 0.380 e. The van der Waals surface area contributed by atoms with Gasteiger partial charge in [-0.25, -0.2) is 0 Å². The fraction of sp³-hybridized carbons (Fsp3) is 0.200. The van der Waals surface area contributed by atoms with E-state index in [9.17, 15) is 10.1 Å². The minimum atomic E-state index is -5.78. The van der Waals surface area contributed by atoms with Crippen molar-refractivity contribution in [1.29, 1.82) is 0 Å². The lowest BCUT2D eigenvalue weighted by Gasteiger charge is -2.26. The van der Waals surface area contributed by atoms with Crippen molar-refractivity contribution in [2.75, 3.05) is 7.11 Å². The number of thiophene rings is 4. The van der Waals surface area contributed by atoms with E-state index in [0.717, 1.165) is 45.3 Å². The Balaban J connectivity index is 1.74. The number of nitro groups is 1. The Bertz CT molecular complexity index is 1940. The molecule has 228 valence electrons. The lowest BCUT2D eigenvalue weighted by atomic mass is 9.90. The molecule has 0 bridgehead atoms. The minimum absolute atomic E-state index is 0.0333. The lowest BCUT2D eigenvalue weighted by Crippen LogP contribution is -2.49. The van der Waals surface area contributed by atoms with Gasteiger partial charge in [0.05, 0.1) is 21.8 Å². The molecule has 6 rings (SSSR count). The molecule has 0 radical (unpaired) electrons. The predicted molar refractivity (Wildman–Crippen MR) is 165 cm³/mol. The molecule has 44 heavy (non-hydrogen) atoms. The van der Waals surface area contributed by atoms with Crippen LogP contribution < -0.4 is 4.74 Å². The van der Waals surface area contributed by atoms with E-state index in [0.29, 0.717) is 20.2 Å². The molecule has 4 aromatic heterocycles. The maximum Gasteiger partial charge on any atom is 0.380 e.